The van der Waals surface area contributed by atoms with Crippen molar-refractivity contribution in [2.45, 2.75) is 17.9 Å². The van der Waals surface area contributed by atoms with Crippen molar-refractivity contribution in [3.8, 4) is 11.3 Å². The molecule has 26 heavy (non-hydrogen) atoms. The number of aryl methyl sites for hydroxylation is 1. The first kappa shape index (κ1) is 18.2. The molecule has 132 valence electrons. The van der Waals surface area contributed by atoms with Crippen molar-refractivity contribution in [3.05, 3.63) is 81.4 Å². The number of aromatic amines is 1. The van der Waals surface area contributed by atoms with Gasteiger partial charge in [-0.3, -0.25) is 14.6 Å². The minimum Gasteiger partial charge on any atom is -0.348 e. The Morgan fingerprint density at radius 2 is 1.92 bits per heavy atom. The molecule has 2 heterocycles. The molecule has 0 saturated carbocycles. The van der Waals surface area contributed by atoms with Crippen LogP contribution in [0.2, 0.25) is 0 Å². The first-order chi connectivity index (χ1) is 12.6. The molecule has 0 fully saturated rings. The molecule has 0 unspecified atom stereocenters. The van der Waals surface area contributed by atoms with Crippen molar-refractivity contribution in [3.63, 3.8) is 0 Å². The van der Waals surface area contributed by atoms with Gasteiger partial charge in [-0.2, -0.15) is 5.10 Å². The summed E-state index contributed by atoms with van der Waals surface area (Å²) < 4.78 is 0.938. The van der Waals surface area contributed by atoms with Crippen molar-refractivity contribution in [1.29, 1.82) is 0 Å². The van der Waals surface area contributed by atoms with Gasteiger partial charge in [-0.05, 0) is 35.7 Å². The second-order valence-electron chi connectivity index (χ2n) is 5.82. The van der Waals surface area contributed by atoms with Gasteiger partial charge in [0.25, 0.3) is 11.5 Å². The number of amides is 1. The number of pyridine rings is 1. The Labute approximate surface area is 164 Å². The van der Waals surface area contributed by atoms with Crippen LogP contribution < -0.4 is 10.9 Å². The molecular weight excluding hydrogens is 443 g/mol. The number of H-pyrrole nitrogens is 1. The number of carbonyl (C=O) groups is 1. The predicted octanol–water partition coefficient (Wildman–Crippen LogP) is 3.01. The molecule has 6 nitrogen and oxygen atoms in total. The van der Waals surface area contributed by atoms with E-state index >= 15 is 0 Å². The zero-order valence-electron chi connectivity index (χ0n) is 14.1. The molecule has 0 atom stereocenters. The third-order valence-corrected chi connectivity index (χ3v) is 4.86. The fourth-order valence-electron chi connectivity index (χ4n) is 2.50. The van der Waals surface area contributed by atoms with Gasteiger partial charge in [-0.15, -0.1) is 0 Å². The van der Waals surface area contributed by atoms with Crippen LogP contribution in [-0.2, 0) is 11.0 Å². The second kappa shape index (κ2) is 8.22. The number of aromatic nitrogens is 3. The predicted molar refractivity (Wildman–Crippen MR) is 108 cm³/mol. The van der Waals surface area contributed by atoms with Crippen LogP contribution in [0.5, 0.6) is 0 Å². The summed E-state index contributed by atoms with van der Waals surface area (Å²) in [5, 5.41) is 9.23. The lowest BCUT2D eigenvalue weighted by molar-refractivity contribution is 0.0949. The minimum absolute atomic E-state index is 0.0371. The fourth-order valence-corrected chi connectivity index (χ4v) is 3.01. The summed E-state index contributed by atoms with van der Waals surface area (Å²) in [5.74, 6) is -0.431. The summed E-state index contributed by atoms with van der Waals surface area (Å²) in [6.45, 7) is 2.25. The number of hydrogen-bond acceptors (Lipinski definition) is 4. The zero-order valence-corrected chi connectivity index (χ0v) is 16.3. The van der Waals surface area contributed by atoms with Gasteiger partial charge in [0.15, 0.2) is 0 Å². The Bertz CT molecular complexity index is 983. The SMILES string of the molecule is Cc1cnccc1-c1cc(C(=O)NCc2ccc(CI)cc2)c(=O)[nH]n1. The van der Waals surface area contributed by atoms with E-state index in [0.717, 1.165) is 21.1 Å². The third kappa shape index (κ3) is 4.16. The van der Waals surface area contributed by atoms with Crippen molar-refractivity contribution in [2.24, 2.45) is 0 Å². The van der Waals surface area contributed by atoms with Gasteiger partial charge >= 0.3 is 0 Å². The maximum atomic E-state index is 12.5. The number of nitrogens with one attached hydrogen (secondary N) is 2. The van der Waals surface area contributed by atoms with Crippen molar-refractivity contribution < 1.29 is 4.79 Å². The maximum Gasteiger partial charge on any atom is 0.277 e. The monoisotopic (exact) mass is 460 g/mol. The van der Waals surface area contributed by atoms with Gasteiger partial charge in [0, 0.05) is 28.9 Å². The van der Waals surface area contributed by atoms with E-state index in [2.05, 4.69) is 43.1 Å². The van der Waals surface area contributed by atoms with Gasteiger partial charge in [0.05, 0.1) is 5.69 Å². The van der Waals surface area contributed by atoms with Crippen LogP contribution in [0, 0.1) is 6.92 Å². The van der Waals surface area contributed by atoms with E-state index in [1.54, 1.807) is 18.5 Å². The lowest BCUT2D eigenvalue weighted by atomic mass is 10.1. The molecule has 0 radical (unpaired) electrons. The number of carbonyl (C=O) groups excluding carboxylic acids is 1. The molecule has 2 N–H and O–H groups in total. The van der Waals surface area contributed by atoms with Gasteiger partial charge in [0.2, 0.25) is 0 Å². The van der Waals surface area contributed by atoms with E-state index in [1.165, 1.54) is 11.6 Å². The maximum absolute atomic E-state index is 12.5. The topological polar surface area (TPSA) is 87.7 Å². The molecule has 1 aromatic carbocycles. The number of rotatable bonds is 5. The largest absolute Gasteiger partial charge is 0.348 e. The molecule has 1 amide bonds. The summed E-state index contributed by atoms with van der Waals surface area (Å²) in [7, 11) is 0. The van der Waals surface area contributed by atoms with Crippen molar-refractivity contribution in [1.82, 2.24) is 20.5 Å². The second-order valence-corrected chi connectivity index (χ2v) is 6.58. The highest BCUT2D eigenvalue weighted by Gasteiger charge is 2.14. The van der Waals surface area contributed by atoms with Gasteiger partial charge in [-0.25, -0.2) is 5.10 Å². The normalized spacial score (nSPS) is 10.5. The van der Waals surface area contributed by atoms with Crippen LogP contribution in [0.15, 0.2) is 53.6 Å². The zero-order chi connectivity index (χ0) is 18.5. The number of alkyl halides is 1. The Morgan fingerprint density at radius 1 is 1.19 bits per heavy atom. The molecular formula is C19H17IN4O2. The van der Waals surface area contributed by atoms with E-state index in [9.17, 15) is 9.59 Å². The number of benzene rings is 1. The summed E-state index contributed by atoms with van der Waals surface area (Å²) in [4.78, 5) is 28.5. The number of halogens is 1. The van der Waals surface area contributed by atoms with Crippen LogP contribution in [-0.4, -0.2) is 21.1 Å². The van der Waals surface area contributed by atoms with Crippen molar-refractivity contribution in [2.75, 3.05) is 0 Å². The number of nitrogens with zero attached hydrogens (tertiary/aromatic N) is 2. The summed E-state index contributed by atoms with van der Waals surface area (Å²) in [6, 6.07) is 11.3. The average molecular weight is 460 g/mol. The third-order valence-electron chi connectivity index (χ3n) is 3.97. The molecule has 0 aliphatic rings. The lowest BCUT2D eigenvalue weighted by Crippen LogP contribution is -2.29. The average Bonchev–Trinajstić information content (AvgIpc) is 2.67. The molecule has 3 aromatic rings. The summed E-state index contributed by atoms with van der Waals surface area (Å²) in [5.41, 5.74) is 3.98. The standard InChI is InChI=1S/C19H17IN4O2/c1-12-10-21-7-6-15(12)17-8-16(19(26)24-23-17)18(25)22-11-14-4-2-13(9-20)3-5-14/h2-8,10H,9,11H2,1H3,(H,22,25)(H,24,26). The molecule has 0 spiro atoms. The first-order valence-electron chi connectivity index (χ1n) is 8.01. The molecule has 0 aliphatic carbocycles. The summed E-state index contributed by atoms with van der Waals surface area (Å²) in [6.07, 6.45) is 3.36. The Kier molecular flexibility index (Phi) is 5.77. The van der Waals surface area contributed by atoms with E-state index in [4.69, 9.17) is 0 Å². The lowest BCUT2D eigenvalue weighted by Gasteiger charge is -2.08. The van der Waals surface area contributed by atoms with Crippen LogP contribution in [0.3, 0.4) is 0 Å². The highest BCUT2D eigenvalue weighted by molar-refractivity contribution is 14.1. The smallest absolute Gasteiger partial charge is 0.277 e. The highest BCUT2D eigenvalue weighted by atomic mass is 127. The number of hydrogen-bond donors (Lipinski definition) is 2. The van der Waals surface area contributed by atoms with Crippen LogP contribution in [0.4, 0.5) is 0 Å². The van der Waals surface area contributed by atoms with Crippen LogP contribution in [0.25, 0.3) is 11.3 Å². The minimum atomic E-state index is -0.516. The molecule has 0 saturated heterocycles. The van der Waals surface area contributed by atoms with Gasteiger partial charge in [-0.1, -0.05) is 46.9 Å². The molecule has 7 heteroatoms. The van der Waals surface area contributed by atoms with E-state index in [0.29, 0.717) is 12.2 Å². The van der Waals surface area contributed by atoms with Gasteiger partial charge < -0.3 is 5.32 Å². The quantitative estimate of drug-likeness (QED) is 0.453. The van der Waals surface area contributed by atoms with Crippen molar-refractivity contribution >= 4 is 28.5 Å². The Hall–Kier alpha value is -2.55. The van der Waals surface area contributed by atoms with E-state index in [-0.39, 0.29) is 5.56 Å². The molecule has 2 aromatic heterocycles. The summed E-state index contributed by atoms with van der Waals surface area (Å²) >= 11 is 2.30. The van der Waals surface area contributed by atoms with E-state index in [1.807, 2.05) is 31.2 Å². The Morgan fingerprint density at radius 3 is 2.62 bits per heavy atom. The highest BCUT2D eigenvalue weighted by Crippen LogP contribution is 2.19. The molecule has 0 bridgehead atoms. The molecule has 3 rings (SSSR count). The fraction of sp³-hybridized carbons (Fsp3) is 0.158. The van der Waals surface area contributed by atoms with Crippen LogP contribution in [0.1, 0.15) is 27.0 Å². The van der Waals surface area contributed by atoms with Crippen LogP contribution >= 0.6 is 22.6 Å². The Balaban J connectivity index is 1.79. The van der Waals surface area contributed by atoms with Gasteiger partial charge in [0.1, 0.15) is 5.56 Å². The van der Waals surface area contributed by atoms with E-state index < -0.39 is 11.5 Å². The first-order valence-corrected chi connectivity index (χ1v) is 9.53. The molecule has 0 aliphatic heterocycles.